The number of carbonyl (C=O) groups is 1. The molecule has 0 N–H and O–H groups in total. The van der Waals surface area contributed by atoms with Gasteiger partial charge in [-0.05, 0) is 30.1 Å². The standard InChI is InChI=1S/C12H20O/c1-9-5-6-10(2)12(3,4)11(9)7-8-13/h8,10-11H,1,5-7H2,2-4H3/t10-,11-/m1/s1. The molecule has 0 amide bonds. The van der Waals surface area contributed by atoms with Gasteiger partial charge in [-0.15, -0.1) is 0 Å². The van der Waals surface area contributed by atoms with Gasteiger partial charge in [-0.3, -0.25) is 0 Å². The minimum absolute atomic E-state index is 0.246. The number of hydrogen-bond donors (Lipinski definition) is 0. The maximum atomic E-state index is 10.6. The molecule has 1 fully saturated rings. The van der Waals surface area contributed by atoms with Crippen molar-refractivity contribution in [2.24, 2.45) is 17.3 Å². The summed E-state index contributed by atoms with van der Waals surface area (Å²) in [5.74, 6) is 1.09. The average Bonchev–Trinajstić information content (AvgIpc) is 2.06. The molecular formula is C12H20O. The summed E-state index contributed by atoms with van der Waals surface area (Å²) in [7, 11) is 0. The number of allylic oxidation sites excluding steroid dienone is 1. The van der Waals surface area contributed by atoms with Crippen LogP contribution in [-0.4, -0.2) is 6.29 Å². The fourth-order valence-corrected chi connectivity index (χ4v) is 2.38. The molecule has 1 aliphatic carbocycles. The topological polar surface area (TPSA) is 17.1 Å². The maximum absolute atomic E-state index is 10.6. The predicted octanol–water partition coefficient (Wildman–Crippen LogP) is 3.20. The zero-order chi connectivity index (χ0) is 10.1. The monoisotopic (exact) mass is 180 g/mol. The second-order valence-electron chi connectivity index (χ2n) is 4.87. The molecule has 1 rings (SSSR count). The molecule has 0 saturated heterocycles. The Kier molecular flexibility index (Phi) is 2.94. The van der Waals surface area contributed by atoms with Gasteiger partial charge >= 0.3 is 0 Å². The van der Waals surface area contributed by atoms with Gasteiger partial charge in [0.15, 0.2) is 0 Å². The highest BCUT2D eigenvalue weighted by molar-refractivity contribution is 5.51. The van der Waals surface area contributed by atoms with E-state index in [4.69, 9.17) is 0 Å². The van der Waals surface area contributed by atoms with Crippen LogP contribution in [-0.2, 0) is 4.79 Å². The number of aldehydes is 1. The third-order valence-electron chi connectivity index (χ3n) is 3.89. The molecule has 1 nitrogen and oxygen atoms in total. The molecule has 0 aromatic rings. The summed E-state index contributed by atoms with van der Waals surface area (Å²) < 4.78 is 0. The minimum Gasteiger partial charge on any atom is -0.303 e. The molecule has 0 aromatic heterocycles. The Morgan fingerprint density at radius 2 is 2.23 bits per heavy atom. The third kappa shape index (κ3) is 1.84. The highest BCUT2D eigenvalue weighted by atomic mass is 16.1. The summed E-state index contributed by atoms with van der Waals surface area (Å²) >= 11 is 0. The third-order valence-corrected chi connectivity index (χ3v) is 3.89. The summed E-state index contributed by atoms with van der Waals surface area (Å²) in [6.45, 7) is 10.9. The second-order valence-corrected chi connectivity index (χ2v) is 4.87. The van der Waals surface area contributed by atoms with Crippen LogP contribution in [0.4, 0.5) is 0 Å². The van der Waals surface area contributed by atoms with Gasteiger partial charge in [0.25, 0.3) is 0 Å². The van der Waals surface area contributed by atoms with Crippen molar-refractivity contribution in [3.05, 3.63) is 12.2 Å². The number of carbonyl (C=O) groups excluding carboxylic acids is 1. The van der Waals surface area contributed by atoms with E-state index in [0.29, 0.717) is 18.3 Å². The Hall–Kier alpha value is -0.590. The van der Waals surface area contributed by atoms with E-state index in [0.717, 1.165) is 12.7 Å². The van der Waals surface area contributed by atoms with E-state index < -0.39 is 0 Å². The van der Waals surface area contributed by atoms with E-state index >= 15 is 0 Å². The highest BCUT2D eigenvalue weighted by Gasteiger charge is 2.39. The summed E-state index contributed by atoms with van der Waals surface area (Å²) in [6, 6.07) is 0. The second kappa shape index (κ2) is 3.65. The van der Waals surface area contributed by atoms with Gasteiger partial charge in [0, 0.05) is 6.42 Å². The fraction of sp³-hybridized carbons (Fsp3) is 0.750. The Labute approximate surface area is 81.2 Å². The lowest BCUT2D eigenvalue weighted by Crippen LogP contribution is -2.36. The van der Waals surface area contributed by atoms with Crippen LogP contribution in [0.25, 0.3) is 0 Å². The van der Waals surface area contributed by atoms with Gasteiger partial charge in [0.1, 0.15) is 6.29 Å². The molecule has 1 heteroatoms. The first-order chi connectivity index (χ1) is 6.00. The lowest BCUT2D eigenvalue weighted by Gasteiger charge is -2.44. The van der Waals surface area contributed by atoms with E-state index in [1.54, 1.807) is 0 Å². The molecule has 0 bridgehead atoms. The van der Waals surface area contributed by atoms with Crippen molar-refractivity contribution in [3.63, 3.8) is 0 Å². The van der Waals surface area contributed by atoms with Crippen LogP contribution >= 0.6 is 0 Å². The van der Waals surface area contributed by atoms with Crippen molar-refractivity contribution in [2.75, 3.05) is 0 Å². The first-order valence-corrected chi connectivity index (χ1v) is 5.11. The number of rotatable bonds is 2. The Morgan fingerprint density at radius 1 is 1.62 bits per heavy atom. The van der Waals surface area contributed by atoms with Gasteiger partial charge < -0.3 is 4.79 Å². The molecule has 0 unspecified atom stereocenters. The van der Waals surface area contributed by atoms with Crippen LogP contribution in [0.5, 0.6) is 0 Å². The summed E-state index contributed by atoms with van der Waals surface area (Å²) in [5.41, 5.74) is 1.52. The van der Waals surface area contributed by atoms with Crippen molar-refractivity contribution in [1.29, 1.82) is 0 Å². The molecule has 1 saturated carbocycles. The maximum Gasteiger partial charge on any atom is 0.120 e. The number of hydrogen-bond acceptors (Lipinski definition) is 1. The molecule has 13 heavy (non-hydrogen) atoms. The molecule has 0 aliphatic heterocycles. The molecule has 0 heterocycles. The molecule has 2 atom stereocenters. The average molecular weight is 180 g/mol. The lowest BCUT2D eigenvalue weighted by atomic mass is 9.60. The summed E-state index contributed by atoms with van der Waals surface area (Å²) in [4.78, 5) is 10.6. The van der Waals surface area contributed by atoms with Crippen molar-refractivity contribution in [1.82, 2.24) is 0 Å². The highest BCUT2D eigenvalue weighted by Crippen LogP contribution is 2.47. The van der Waals surface area contributed by atoms with Crippen LogP contribution in [0.3, 0.4) is 0 Å². The SMILES string of the molecule is C=C1CC[C@@H](C)C(C)(C)[C@@H]1CC=O. The van der Waals surface area contributed by atoms with Crippen LogP contribution in [0, 0.1) is 17.3 Å². The largest absolute Gasteiger partial charge is 0.303 e. The molecular weight excluding hydrogens is 160 g/mol. The van der Waals surface area contributed by atoms with E-state index in [1.165, 1.54) is 12.0 Å². The lowest BCUT2D eigenvalue weighted by molar-refractivity contribution is -0.109. The Balaban J connectivity index is 2.84. The predicted molar refractivity (Wildman–Crippen MR) is 55.5 cm³/mol. The van der Waals surface area contributed by atoms with Crippen LogP contribution in [0.15, 0.2) is 12.2 Å². The van der Waals surface area contributed by atoms with Gasteiger partial charge in [-0.1, -0.05) is 32.9 Å². The smallest absolute Gasteiger partial charge is 0.120 e. The van der Waals surface area contributed by atoms with Crippen molar-refractivity contribution in [3.8, 4) is 0 Å². The molecule has 74 valence electrons. The summed E-state index contributed by atoms with van der Waals surface area (Å²) in [6.07, 6.45) is 4.01. The molecule has 0 spiro atoms. The van der Waals surface area contributed by atoms with Gasteiger partial charge in [-0.25, -0.2) is 0 Å². The quantitative estimate of drug-likeness (QED) is 0.471. The fourth-order valence-electron chi connectivity index (χ4n) is 2.38. The van der Waals surface area contributed by atoms with Gasteiger partial charge in [0.05, 0.1) is 0 Å². The van der Waals surface area contributed by atoms with E-state index in [-0.39, 0.29) is 5.41 Å². The van der Waals surface area contributed by atoms with Crippen LogP contribution < -0.4 is 0 Å². The first-order valence-electron chi connectivity index (χ1n) is 5.11. The normalized spacial score (nSPS) is 33.0. The minimum atomic E-state index is 0.246. The molecule has 1 aliphatic rings. The molecule has 0 radical (unpaired) electrons. The van der Waals surface area contributed by atoms with Gasteiger partial charge in [-0.2, -0.15) is 0 Å². The van der Waals surface area contributed by atoms with Gasteiger partial charge in [0.2, 0.25) is 0 Å². The van der Waals surface area contributed by atoms with Crippen molar-refractivity contribution >= 4 is 6.29 Å². The first kappa shape index (κ1) is 10.5. The van der Waals surface area contributed by atoms with Crippen LogP contribution in [0.2, 0.25) is 0 Å². The Morgan fingerprint density at radius 3 is 2.77 bits per heavy atom. The Bertz CT molecular complexity index is 215. The summed E-state index contributed by atoms with van der Waals surface area (Å²) in [5, 5.41) is 0. The zero-order valence-corrected chi connectivity index (χ0v) is 8.97. The molecule has 0 aromatic carbocycles. The van der Waals surface area contributed by atoms with Crippen LogP contribution in [0.1, 0.15) is 40.0 Å². The van der Waals surface area contributed by atoms with E-state index in [2.05, 4.69) is 27.4 Å². The van der Waals surface area contributed by atoms with Crippen molar-refractivity contribution < 1.29 is 4.79 Å². The van der Waals surface area contributed by atoms with Crippen molar-refractivity contribution in [2.45, 2.75) is 40.0 Å². The van der Waals surface area contributed by atoms with E-state index in [9.17, 15) is 4.79 Å². The zero-order valence-electron chi connectivity index (χ0n) is 8.97. The van der Waals surface area contributed by atoms with E-state index in [1.807, 2.05) is 0 Å².